The molecule has 2 aliphatic rings. The van der Waals surface area contributed by atoms with Crippen LogP contribution in [0.3, 0.4) is 0 Å². The number of halogens is 1. The van der Waals surface area contributed by atoms with E-state index in [2.05, 4.69) is 4.98 Å². The Labute approximate surface area is 193 Å². The highest BCUT2D eigenvalue weighted by molar-refractivity contribution is 5.99. The number of aromatic nitrogens is 2. The zero-order valence-corrected chi connectivity index (χ0v) is 19.0. The van der Waals surface area contributed by atoms with E-state index in [0.717, 1.165) is 65.9 Å². The molecule has 2 fully saturated rings. The predicted octanol–water partition coefficient (Wildman–Crippen LogP) is 5.63. The van der Waals surface area contributed by atoms with Gasteiger partial charge in [0, 0.05) is 17.8 Å². The van der Waals surface area contributed by atoms with Crippen LogP contribution in [0.1, 0.15) is 55.0 Å². The molecular weight excluding hydrogens is 417 g/mol. The number of carbonyl (C=O) groups is 1. The Hall–Kier alpha value is -3.41. The summed E-state index contributed by atoms with van der Waals surface area (Å²) in [5, 5.41) is 0. The lowest BCUT2D eigenvalue weighted by Gasteiger charge is -2.46. The SMILES string of the molecule is COc1cc(/C=C2\CC[C@@H]3CCC[C@@H](c4ccc(F)cc4)N3C2=O)ccc1-n1cnc(C)c1. The van der Waals surface area contributed by atoms with Crippen LogP contribution in [0, 0.1) is 12.7 Å². The van der Waals surface area contributed by atoms with Gasteiger partial charge in [-0.2, -0.15) is 0 Å². The molecule has 0 aliphatic carbocycles. The van der Waals surface area contributed by atoms with Gasteiger partial charge in [0.05, 0.1) is 30.9 Å². The van der Waals surface area contributed by atoms with Gasteiger partial charge >= 0.3 is 0 Å². The van der Waals surface area contributed by atoms with Gasteiger partial charge in [0.25, 0.3) is 5.91 Å². The number of imidazole rings is 1. The molecule has 2 aromatic carbocycles. The summed E-state index contributed by atoms with van der Waals surface area (Å²) in [6.07, 6.45) is 10.5. The molecule has 5 nitrogen and oxygen atoms in total. The van der Waals surface area contributed by atoms with E-state index < -0.39 is 0 Å². The first-order valence-corrected chi connectivity index (χ1v) is 11.5. The fraction of sp³-hybridized carbons (Fsp3) is 0.333. The van der Waals surface area contributed by atoms with E-state index in [1.165, 1.54) is 12.1 Å². The molecule has 2 saturated heterocycles. The summed E-state index contributed by atoms with van der Waals surface area (Å²) in [7, 11) is 1.65. The van der Waals surface area contributed by atoms with Crippen LogP contribution >= 0.6 is 0 Å². The van der Waals surface area contributed by atoms with Gasteiger partial charge < -0.3 is 14.2 Å². The number of carbonyl (C=O) groups excluding carboxylic acids is 1. The average Bonchev–Trinajstić information content (AvgIpc) is 3.27. The molecule has 0 unspecified atom stereocenters. The lowest BCUT2D eigenvalue weighted by Crippen LogP contribution is -2.49. The molecule has 3 heterocycles. The molecule has 33 heavy (non-hydrogen) atoms. The summed E-state index contributed by atoms with van der Waals surface area (Å²) in [5.41, 5.74) is 4.60. The number of hydrogen-bond acceptors (Lipinski definition) is 3. The second kappa shape index (κ2) is 8.85. The Bertz CT molecular complexity index is 1200. The van der Waals surface area contributed by atoms with Crippen LogP contribution in [0.5, 0.6) is 5.75 Å². The average molecular weight is 446 g/mol. The number of piperidine rings is 2. The van der Waals surface area contributed by atoms with Crippen molar-refractivity contribution in [1.82, 2.24) is 14.5 Å². The van der Waals surface area contributed by atoms with E-state index >= 15 is 0 Å². The molecule has 0 bridgehead atoms. The molecule has 6 heteroatoms. The molecule has 2 atom stereocenters. The van der Waals surface area contributed by atoms with Crippen LogP contribution in [-0.2, 0) is 4.79 Å². The lowest BCUT2D eigenvalue weighted by atomic mass is 9.84. The van der Waals surface area contributed by atoms with Crippen molar-refractivity contribution in [2.75, 3.05) is 7.11 Å². The van der Waals surface area contributed by atoms with E-state index in [1.54, 1.807) is 13.4 Å². The van der Waals surface area contributed by atoms with Crippen LogP contribution in [0.25, 0.3) is 11.8 Å². The maximum Gasteiger partial charge on any atom is 0.250 e. The lowest BCUT2D eigenvalue weighted by molar-refractivity contribution is -0.136. The number of fused-ring (bicyclic) bond motifs is 1. The highest BCUT2D eigenvalue weighted by Crippen LogP contribution is 2.41. The molecule has 0 spiro atoms. The predicted molar refractivity (Wildman–Crippen MR) is 126 cm³/mol. The molecule has 170 valence electrons. The molecule has 1 amide bonds. The van der Waals surface area contributed by atoms with Crippen molar-refractivity contribution >= 4 is 12.0 Å². The number of rotatable bonds is 4. The Morgan fingerprint density at radius 1 is 1.12 bits per heavy atom. The van der Waals surface area contributed by atoms with Crippen LogP contribution in [-0.4, -0.2) is 33.5 Å². The molecule has 5 rings (SSSR count). The first-order chi connectivity index (χ1) is 16.0. The van der Waals surface area contributed by atoms with Crippen molar-refractivity contribution < 1.29 is 13.9 Å². The van der Waals surface area contributed by atoms with E-state index in [0.29, 0.717) is 0 Å². The minimum atomic E-state index is -0.250. The number of nitrogens with zero attached hydrogens (tertiary/aromatic N) is 3. The van der Waals surface area contributed by atoms with Gasteiger partial charge in [0.1, 0.15) is 11.6 Å². The van der Waals surface area contributed by atoms with Gasteiger partial charge in [0.15, 0.2) is 0 Å². The topological polar surface area (TPSA) is 47.4 Å². The summed E-state index contributed by atoms with van der Waals surface area (Å²) < 4.78 is 21.0. The van der Waals surface area contributed by atoms with Crippen LogP contribution in [0.4, 0.5) is 4.39 Å². The fourth-order valence-electron chi connectivity index (χ4n) is 5.16. The van der Waals surface area contributed by atoms with Crippen molar-refractivity contribution in [3.63, 3.8) is 0 Å². The van der Waals surface area contributed by atoms with Crippen LogP contribution in [0.2, 0.25) is 0 Å². The second-order valence-electron chi connectivity index (χ2n) is 8.93. The normalized spacial score (nSPS) is 21.8. The molecule has 0 saturated carbocycles. The minimum absolute atomic E-state index is 0.00180. The highest BCUT2D eigenvalue weighted by Gasteiger charge is 2.39. The molecule has 0 N–H and O–H groups in total. The number of hydrogen-bond donors (Lipinski definition) is 0. The zero-order valence-electron chi connectivity index (χ0n) is 19.0. The number of amides is 1. The standard InChI is InChI=1S/C27H28FN3O2/c1-18-16-30(17-29-18)25-13-6-19(15-26(25)33-2)14-21-9-12-23-4-3-5-24(31(23)27(21)32)20-7-10-22(28)11-8-20/h6-8,10-11,13-17,23-24H,3-5,9,12H2,1-2H3/b21-14+/t23-,24-/m0/s1. The first-order valence-electron chi connectivity index (χ1n) is 11.5. The van der Waals surface area contributed by atoms with Gasteiger partial charge in [0.2, 0.25) is 0 Å². The van der Waals surface area contributed by atoms with Crippen molar-refractivity contribution in [1.29, 1.82) is 0 Å². The van der Waals surface area contributed by atoms with Crippen molar-refractivity contribution in [3.05, 3.63) is 83.2 Å². The third kappa shape index (κ3) is 4.17. The Kier molecular flexibility index (Phi) is 5.75. The highest BCUT2D eigenvalue weighted by atomic mass is 19.1. The van der Waals surface area contributed by atoms with Crippen molar-refractivity contribution in [2.24, 2.45) is 0 Å². The molecule has 3 aromatic rings. The molecule has 1 aromatic heterocycles. The van der Waals surface area contributed by atoms with Gasteiger partial charge in [-0.1, -0.05) is 18.2 Å². The summed E-state index contributed by atoms with van der Waals surface area (Å²) in [4.78, 5) is 19.9. The maximum atomic E-state index is 13.6. The van der Waals surface area contributed by atoms with E-state index in [9.17, 15) is 9.18 Å². The number of aryl methyl sites for hydroxylation is 1. The molecule has 2 aliphatic heterocycles. The largest absolute Gasteiger partial charge is 0.495 e. The van der Waals surface area contributed by atoms with Crippen LogP contribution in [0.15, 0.2) is 60.6 Å². The summed E-state index contributed by atoms with van der Waals surface area (Å²) in [5.74, 6) is 0.568. The number of ether oxygens (including phenoxy) is 1. The number of benzene rings is 2. The van der Waals surface area contributed by atoms with Gasteiger partial charge in [-0.25, -0.2) is 9.37 Å². The van der Waals surface area contributed by atoms with Crippen molar-refractivity contribution in [2.45, 2.75) is 51.1 Å². The van der Waals surface area contributed by atoms with Gasteiger partial charge in [-0.3, -0.25) is 4.79 Å². The summed E-state index contributed by atoms with van der Waals surface area (Å²) in [6.45, 7) is 1.95. The summed E-state index contributed by atoms with van der Waals surface area (Å²) in [6, 6.07) is 12.8. The Morgan fingerprint density at radius 3 is 2.67 bits per heavy atom. The second-order valence-corrected chi connectivity index (χ2v) is 8.93. The summed E-state index contributed by atoms with van der Waals surface area (Å²) >= 11 is 0. The fourth-order valence-corrected chi connectivity index (χ4v) is 5.16. The Balaban J connectivity index is 1.44. The minimum Gasteiger partial charge on any atom is -0.495 e. The maximum absolute atomic E-state index is 13.6. The van der Waals surface area contributed by atoms with E-state index in [1.807, 2.05) is 59.0 Å². The third-order valence-corrected chi connectivity index (χ3v) is 6.79. The smallest absolute Gasteiger partial charge is 0.250 e. The molecular formula is C27H28FN3O2. The Morgan fingerprint density at radius 2 is 1.94 bits per heavy atom. The van der Waals surface area contributed by atoms with Gasteiger partial charge in [-0.05, 0) is 80.5 Å². The van der Waals surface area contributed by atoms with Gasteiger partial charge in [-0.15, -0.1) is 0 Å². The zero-order chi connectivity index (χ0) is 22.9. The van der Waals surface area contributed by atoms with E-state index in [-0.39, 0.29) is 23.8 Å². The van der Waals surface area contributed by atoms with Crippen molar-refractivity contribution in [3.8, 4) is 11.4 Å². The molecule has 0 radical (unpaired) electrons. The third-order valence-electron chi connectivity index (χ3n) is 6.79. The number of methoxy groups -OCH3 is 1. The monoisotopic (exact) mass is 445 g/mol. The quantitative estimate of drug-likeness (QED) is 0.489. The van der Waals surface area contributed by atoms with E-state index in [4.69, 9.17) is 4.74 Å². The van der Waals surface area contributed by atoms with Crippen LogP contribution < -0.4 is 4.74 Å². The first kappa shape index (κ1) is 21.4.